The van der Waals surface area contributed by atoms with Crippen LogP contribution in [0.2, 0.25) is 0 Å². The van der Waals surface area contributed by atoms with Gasteiger partial charge >= 0.3 is 0 Å². The minimum Gasteiger partial charge on any atom is -0.226 e. The summed E-state index contributed by atoms with van der Waals surface area (Å²) in [5.41, 5.74) is 0.362. The minimum absolute atomic E-state index is 0.0766. The molecule has 5 heteroatoms. The molecule has 0 aliphatic heterocycles. The van der Waals surface area contributed by atoms with Crippen LogP contribution in [0.1, 0.15) is 5.01 Å². The lowest BCUT2D eigenvalue weighted by Crippen LogP contribution is -1.86. The van der Waals surface area contributed by atoms with Crippen molar-refractivity contribution < 1.29 is 8.78 Å². The smallest absolute Gasteiger partial charge is 0.194 e. The van der Waals surface area contributed by atoms with Gasteiger partial charge in [0.25, 0.3) is 0 Å². The van der Waals surface area contributed by atoms with E-state index in [9.17, 15) is 8.78 Å². The highest BCUT2D eigenvalue weighted by atomic mass is 32.1. The maximum atomic E-state index is 13.3. The van der Waals surface area contributed by atoms with Crippen molar-refractivity contribution in [1.82, 2.24) is 4.98 Å². The number of halogens is 2. The summed E-state index contributed by atoms with van der Waals surface area (Å²) >= 11 is 1.10. The van der Waals surface area contributed by atoms with Crippen LogP contribution in [-0.4, -0.2) is 4.98 Å². The van der Waals surface area contributed by atoms with Gasteiger partial charge in [-0.15, -0.1) is 11.3 Å². The molecule has 0 saturated carbocycles. The summed E-state index contributed by atoms with van der Waals surface area (Å²) in [6.07, 6.45) is 0. The molecule has 0 unspecified atom stereocenters. The Balaban J connectivity index is 2.54. The molecule has 0 spiro atoms. The van der Waals surface area contributed by atoms with Crippen molar-refractivity contribution in [3.63, 3.8) is 0 Å². The maximum Gasteiger partial charge on any atom is 0.194 e. The Morgan fingerprint density at radius 3 is 2.80 bits per heavy atom. The van der Waals surface area contributed by atoms with Gasteiger partial charge in [0.2, 0.25) is 0 Å². The van der Waals surface area contributed by atoms with Crippen molar-refractivity contribution in [3.05, 3.63) is 40.2 Å². The van der Waals surface area contributed by atoms with Gasteiger partial charge in [0, 0.05) is 10.9 Å². The molecule has 1 aromatic carbocycles. The lowest BCUT2D eigenvalue weighted by molar-refractivity contribution is 0.603. The van der Waals surface area contributed by atoms with Crippen LogP contribution in [-0.2, 0) is 0 Å². The number of nitriles is 1. The fraction of sp³-hybridized carbons (Fsp3) is 0. The number of hydrogen-bond acceptors (Lipinski definition) is 3. The summed E-state index contributed by atoms with van der Waals surface area (Å²) in [7, 11) is 0. The molecule has 1 heterocycles. The zero-order valence-electron chi connectivity index (χ0n) is 7.37. The van der Waals surface area contributed by atoms with Crippen LogP contribution in [0.3, 0.4) is 0 Å². The number of benzene rings is 1. The van der Waals surface area contributed by atoms with Crippen molar-refractivity contribution in [2.24, 2.45) is 0 Å². The summed E-state index contributed by atoms with van der Waals surface area (Å²) in [5.74, 6) is -1.08. The van der Waals surface area contributed by atoms with E-state index in [2.05, 4.69) is 4.98 Å². The second kappa shape index (κ2) is 3.75. The van der Waals surface area contributed by atoms with Crippen molar-refractivity contribution >= 4 is 11.3 Å². The first-order valence-electron chi connectivity index (χ1n) is 4.02. The number of hydrogen-bond donors (Lipinski definition) is 0. The van der Waals surface area contributed by atoms with Gasteiger partial charge < -0.3 is 0 Å². The molecular weight excluding hydrogens is 218 g/mol. The molecule has 2 nitrogen and oxygen atoms in total. The first kappa shape index (κ1) is 9.74. The normalized spacial score (nSPS) is 9.93. The van der Waals surface area contributed by atoms with Gasteiger partial charge in [0.05, 0.1) is 5.69 Å². The quantitative estimate of drug-likeness (QED) is 0.743. The highest BCUT2D eigenvalue weighted by Gasteiger charge is 2.10. The molecule has 0 N–H and O–H groups in total. The Morgan fingerprint density at radius 1 is 1.33 bits per heavy atom. The third kappa shape index (κ3) is 1.85. The Hall–Kier alpha value is -1.80. The fourth-order valence-corrected chi connectivity index (χ4v) is 1.75. The average molecular weight is 222 g/mol. The van der Waals surface area contributed by atoms with Crippen molar-refractivity contribution in [2.75, 3.05) is 0 Å². The monoisotopic (exact) mass is 222 g/mol. The van der Waals surface area contributed by atoms with Crippen LogP contribution < -0.4 is 0 Å². The molecule has 1 aromatic heterocycles. The molecule has 74 valence electrons. The summed E-state index contributed by atoms with van der Waals surface area (Å²) < 4.78 is 26.1. The Bertz CT molecular complexity index is 543. The molecule has 15 heavy (non-hydrogen) atoms. The van der Waals surface area contributed by atoms with E-state index in [1.165, 1.54) is 5.38 Å². The molecular formula is C10H4F2N2S. The van der Waals surface area contributed by atoms with E-state index < -0.39 is 11.6 Å². The second-order valence-electron chi connectivity index (χ2n) is 2.77. The first-order chi connectivity index (χ1) is 7.20. The summed E-state index contributed by atoms with van der Waals surface area (Å²) in [6, 6.07) is 4.98. The van der Waals surface area contributed by atoms with Gasteiger partial charge in [-0.25, -0.2) is 13.8 Å². The number of nitrogens with zero attached hydrogens (tertiary/aromatic N) is 2. The van der Waals surface area contributed by atoms with Crippen LogP contribution >= 0.6 is 11.3 Å². The second-order valence-corrected chi connectivity index (χ2v) is 3.63. The van der Waals surface area contributed by atoms with E-state index in [1.54, 1.807) is 0 Å². The molecule has 2 aromatic rings. The van der Waals surface area contributed by atoms with E-state index in [0.29, 0.717) is 0 Å². The zero-order chi connectivity index (χ0) is 10.8. The molecule has 0 atom stereocenters. The van der Waals surface area contributed by atoms with Crippen LogP contribution in [0.15, 0.2) is 23.6 Å². The standard InChI is InChI=1S/C10H4F2N2S/c11-6-1-2-8(12)7(3-6)9-5-15-10(4-13)14-9/h1-3,5H. The molecule has 0 bridgehead atoms. The predicted molar refractivity (Wildman–Crippen MR) is 52.2 cm³/mol. The number of thiazole rings is 1. The average Bonchev–Trinajstić information content (AvgIpc) is 2.70. The third-order valence-corrected chi connectivity index (χ3v) is 2.55. The van der Waals surface area contributed by atoms with Gasteiger partial charge in [-0.05, 0) is 18.2 Å². The highest BCUT2D eigenvalue weighted by molar-refractivity contribution is 7.10. The number of aromatic nitrogens is 1. The first-order valence-corrected chi connectivity index (χ1v) is 4.89. The Morgan fingerprint density at radius 2 is 2.13 bits per heavy atom. The molecule has 0 radical (unpaired) electrons. The lowest BCUT2D eigenvalue weighted by Gasteiger charge is -1.98. The zero-order valence-corrected chi connectivity index (χ0v) is 8.18. The Labute approximate surface area is 88.4 Å². The van der Waals surface area contributed by atoms with E-state index in [1.807, 2.05) is 6.07 Å². The summed E-state index contributed by atoms with van der Waals surface area (Å²) in [5, 5.41) is 10.3. The maximum absolute atomic E-state index is 13.3. The van der Waals surface area contributed by atoms with Crippen molar-refractivity contribution in [3.8, 4) is 17.3 Å². The van der Waals surface area contributed by atoms with Crippen molar-refractivity contribution in [2.45, 2.75) is 0 Å². The molecule has 0 saturated heterocycles. The number of rotatable bonds is 1. The van der Waals surface area contributed by atoms with Gasteiger partial charge in [-0.3, -0.25) is 0 Å². The molecule has 2 rings (SSSR count). The van der Waals surface area contributed by atoms with Crippen molar-refractivity contribution in [1.29, 1.82) is 5.26 Å². The SMILES string of the molecule is N#Cc1nc(-c2cc(F)ccc2F)cs1. The molecule has 0 aliphatic rings. The van der Waals surface area contributed by atoms with E-state index in [4.69, 9.17) is 5.26 Å². The van der Waals surface area contributed by atoms with Crippen LogP contribution in [0.5, 0.6) is 0 Å². The van der Waals surface area contributed by atoms with Gasteiger partial charge in [-0.2, -0.15) is 5.26 Å². The van der Waals surface area contributed by atoms with E-state index >= 15 is 0 Å². The van der Waals surface area contributed by atoms with Gasteiger partial charge in [0.1, 0.15) is 17.7 Å². The summed E-state index contributed by atoms with van der Waals surface area (Å²) in [6.45, 7) is 0. The van der Waals surface area contributed by atoms with E-state index in [-0.39, 0.29) is 16.3 Å². The van der Waals surface area contributed by atoms with Crippen LogP contribution in [0.25, 0.3) is 11.3 Å². The summed E-state index contributed by atoms with van der Waals surface area (Å²) in [4.78, 5) is 3.85. The molecule has 0 fully saturated rings. The Kier molecular flexibility index (Phi) is 2.44. The van der Waals surface area contributed by atoms with E-state index in [0.717, 1.165) is 29.5 Å². The van der Waals surface area contributed by atoms with Crippen LogP contribution in [0, 0.1) is 23.0 Å². The van der Waals surface area contributed by atoms with Gasteiger partial charge in [0.15, 0.2) is 5.01 Å². The van der Waals surface area contributed by atoms with Crippen LogP contribution in [0.4, 0.5) is 8.78 Å². The van der Waals surface area contributed by atoms with Gasteiger partial charge in [-0.1, -0.05) is 0 Å². The lowest BCUT2D eigenvalue weighted by atomic mass is 10.1. The highest BCUT2D eigenvalue weighted by Crippen LogP contribution is 2.24. The largest absolute Gasteiger partial charge is 0.226 e. The third-order valence-electron chi connectivity index (χ3n) is 1.80. The fourth-order valence-electron chi connectivity index (χ4n) is 1.14. The molecule has 0 aliphatic carbocycles. The minimum atomic E-state index is -0.550. The predicted octanol–water partition coefficient (Wildman–Crippen LogP) is 2.96. The molecule has 0 amide bonds. The topological polar surface area (TPSA) is 36.7 Å².